The summed E-state index contributed by atoms with van der Waals surface area (Å²) in [5.74, 6) is -0.652. The second-order valence-electron chi connectivity index (χ2n) is 2.86. The smallest absolute Gasteiger partial charge is 0.399 e. The minimum absolute atomic E-state index is 0.101. The van der Waals surface area contributed by atoms with E-state index in [0.717, 1.165) is 10.7 Å². The van der Waals surface area contributed by atoms with Crippen LogP contribution in [0.1, 0.15) is 10.5 Å². The Labute approximate surface area is 98.8 Å². The van der Waals surface area contributed by atoms with Gasteiger partial charge in [0, 0.05) is 4.47 Å². The van der Waals surface area contributed by atoms with E-state index in [0.29, 0.717) is 5.75 Å². The van der Waals surface area contributed by atoms with Crippen molar-refractivity contribution >= 4 is 21.9 Å². The summed E-state index contributed by atoms with van der Waals surface area (Å²) in [7, 11) is 0. The maximum atomic E-state index is 10.5. The summed E-state index contributed by atoms with van der Waals surface area (Å²) in [6, 6.07) is 7.03. The first-order chi connectivity index (χ1) is 7.65. The Kier molecular flexibility index (Phi) is 2.91. The summed E-state index contributed by atoms with van der Waals surface area (Å²) in [6.45, 7) is 0. The molecule has 0 radical (unpaired) electrons. The van der Waals surface area contributed by atoms with E-state index in [1.165, 1.54) is 0 Å². The molecule has 1 N–H and O–H groups in total. The van der Waals surface area contributed by atoms with Crippen LogP contribution in [0.4, 0.5) is 0 Å². The standard InChI is InChI=1S/C10H6BrNO4/c11-6-2-1-3-7(4-6)16-10-12-8(5-15-10)9(13)14/h1-5H,(H,13,14). The molecule has 0 aliphatic heterocycles. The summed E-state index contributed by atoms with van der Waals surface area (Å²) >= 11 is 3.28. The van der Waals surface area contributed by atoms with Gasteiger partial charge >= 0.3 is 12.0 Å². The Morgan fingerprint density at radius 1 is 1.50 bits per heavy atom. The Balaban J connectivity index is 2.17. The summed E-state index contributed by atoms with van der Waals surface area (Å²) in [5.41, 5.74) is -0.190. The van der Waals surface area contributed by atoms with Gasteiger partial charge in [0.1, 0.15) is 12.0 Å². The van der Waals surface area contributed by atoms with Crippen molar-refractivity contribution in [1.82, 2.24) is 4.98 Å². The zero-order valence-corrected chi connectivity index (χ0v) is 9.47. The number of hydrogen-bond acceptors (Lipinski definition) is 4. The lowest BCUT2D eigenvalue weighted by Gasteiger charge is -1.99. The predicted molar refractivity (Wildman–Crippen MR) is 57.7 cm³/mol. The topological polar surface area (TPSA) is 72.6 Å². The van der Waals surface area contributed by atoms with E-state index in [9.17, 15) is 4.79 Å². The second kappa shape index (κ2) is 4.36. The highest BCUT2D eigenvalue weighted by Gasteiger charge is 2.11. The van der Waals surface area contributed by atoms with Crippen molar-refractivity contribution in [3.05, 3.63) is 40.7 Å². The first-order valence-electron chi connectivity index (χ1n) is 4.27. The van der Waals surface area contributed by atoms with Crippen LogP contribution in [-0.2, 0) is 0 Å². The number of carboxylic acids is 1. The van der Waals surface area contributed by atoms with Crippen molar-refractivity contribution in [2.24, 2.45) is 0 Å². The molecule has 2 rings (SSSR count). The molecule has 6 heteroatoms. The van der Waals surface area contributed by atoms with Crippen molar-refractivity contribution in [2.75, 3.05) is 0 Å². The molecule has 0 saturated heterocycles. The number of aromatic carboxylic acids is 1. The van der Waals surface area contributed by atoms with Crippen LogP contribution in [0.25, 0.3) is 0 Å². The quantitative estimate of drug-likeness (QED) is 0.938. The van der Waals surface area contributed by atoms with Gasteiger partial charge in [0.15, 0.2) is 5.69 Å². The van der Waals surface area contributed by atoms with Gasteiger partial charge in [0.05, 0.1) is 0 Å². The van der Waals surface area contributed by atoms with Crippen molar-refractivity contribution in [3.8, 4) is 11.8 Å². The number of rotatable bonds is 3. The number of carbonyl (C=O) groups is 1. The zero-order chi connectivity index (χ0) is 11.5. The third kappa shape index (κ3) is 2.40. The Hall–Kier alpha value is -1.82. The van der Waals surface area contributed by atoms with Crippen LogP contribution in [0, 0.1) is 0 Å². The van der Waals surface area contributed by atoms with E-state index in [2.05, 4.69) is 20.9 Å². The average Bonchev–Trinajstić information content (AvgIpc) is 2.66. The molecule has 0 amide bonds. The number of nitrogens with zero attached hydrogens (tertiary/aromatic N) is 1. The number of benzene rings is 1. The lowest BCUT2D eigenvalue weighted by Crippen LogP contribution is -1.95. The number of aromatic nitrogens is 1. The van der Waals surface area contributed by atoms with Crippen molar-refractivity contribution in [3.63, 3.8) is 0 Å². The van der Waals surface area contributed by atoms with Gasteiger partial charge in [-0.1, -0.05) is 22.0 Å². The highest BCUT2D eigenvalue weighted by atomic mass is 79.9. The van der Waals surface area contributed by atoms with Crippen LogP contribution in [0.2, 0.25) is 0 Å². The lowest BCUT2D eigenvalue weighted by atomic mass is 10.3. The third-order valence-electron chi connectivity index (χ3n) is 1.70. The van der Waals surface area contributed by atoms with E-state index in [1.807, 2.05) is 6.07 Å². The van der Waals surface area contributed by atoms with E-state index in [-0.39, 0.29) is 11.8 Å². The summed E-state index contributed by atoms with van der Waals surface area (Å²) in [6.07, 6.45) is 0.922. The van der Waals surface area contributed by atoms with E-state index in [4.69, 9.17) is 14.3 Å². The van der Waals surface area contributed by atoms with E-state index >= 15 is 0 Å². The fraction of sp³-hybridized carbons (Fsp3) is 0. The fourth-order valence-corrected chi connectivity index (χ4v) is 1.41. The molecule has 0 aliphatic rings. The maximum Gasteiger partial charge on any atom is 0.399 e. The molecule has 1 aromatic carbocycles. The normalized spacial score (nSPS) is 10.1. The summed E-state index contributed by atoms with van der Waals surface area (Å²) in [4.78, 5) is 14.2. The molecule has 0 saturated carbocycles. The second-order valence-corrected chi connectivity index (χ2v) is 3.78. The highest BCUT2D eigenvalue weighted by Crippen LogP contribution is 2.23. The van der Waals surface area contributed by atoms with Crippen molar-refractivity contribution in [1.29, 1.82) is 0 Å². The van der Waals surface area contributed by atoms with E-state index in [1.54, 1.807) is 18.2 Å². The molecule has 0 fully saturated rings. The van der Waals surface area contributed by atoms with Gasteiger partial charge < -0.3 is 14.3 Å². The summed E-state index contributed by atoms with van der Waals surface area (Å²) < 4.78 is 10.9. The van der Waals surface area contributed by atoms with Gasteiger partial charge in [-0.15, -0.1) is 0 Å². The Morgan fingerprint density at radius 2 is 2.31 bits per heavy atom. The molecule has 1 aromatic heterocycles. The van der Waals surface area contributed by atoms with Gasteiger partial charge in [-0.3, -0.25) is 0 Å². The number of oxazole rings is 1. The van der Waals surface area contributed by atoms with Crippen molar-refractivity contribution in [2.45, 2.75) is 0 Å². The maximum absolute atomic E-state index is 10.5. The molecule has 5 nitrogen and oxygen atoms in total. The fourth-order valence-electron chi connectivity index (χ4n) is 1.03. The molecular weight excluding hydrogens is 278 g/mol. The van der Waals surface area contributed by atoms with Crippen LogP contribution in [0.3, 0.4) is 0 Å². The summed E-state index contributed by atoms with van der Waals surface area (Å²) in [5, 5.41) is 8.62. The lowest BCUT2D eigenvalue weighted by molar-refractivity contribution is 0.0690. The van der Waals surface area contributed by atoms with Gasteiger partial charge in [-0.05, 0) is 18.2 Å². The molecule has 82 valence electrons. The van der Waals surface area contributed by atoms with Crippen molar-refractivity contribution < 1.29 is 19.1 Å². The van der Waals surface area contributed by atoms with Gasteiger partial charge in [0.2, 0.25) is 0 Å². The minimum Gasteiger partial charge on any atom is -0.476 e. The molecule has 0 unspecified atom stereocenters. The predicted octanol–water partition coefficient (Wildman–Crippen LogP) is 2.93. The number of ether oxygens (including phenoxy) is 1. The van der Waals surface area contributed by atoms with Crippen LogP contribution < -0.4 is 4.74 Å². The Bertz CT molecular complexity index is 523. The van der Waals surface area contributed by atoms with Gasteiger partial charge in [-0.2, -0.15) is 4.98 Å². The molecule has 0 spiro atoms. The SMILES string of the molecule is O=C(O)c1coc(Oc2cccc(Br)c2)n1. The first-order valence-corrected chi connectivity index (χ1v) is 5.07. The molecule has 0 atom stereocenters. The zero-order valence-electron chi connectivity index (χ0n) is 7.88. The minimum atomic E-state index is -1.16. The van der Waals surface area contributed by atoms with Gasteiger partial charge in [-0.25, -0.2) is 4.79 Å². The third-order valence-corrected chi connectivity index (χ3v) is 2.20. The van der Waals surface area contributed by atoms with Crippen LogP contribution in [-0.4, -0.2) is 16.1 Å². The molecular formula is C10H6BrNO4. The molecule has 16 heavy (non-hydrogen) atoms. The molecule has 2 aromatic rings. The molecule has 0 aliphatic carbocycles. The molecule has 0 bridgehead atoms. The monoisotopic (exact) mass is 283 g/mol. The first kappa shape index (κ1) is 10.7. The Morgan fingerprint density at radius 3 is 2.94 bits per heavy atom. The average molecular weight is 284 g/mol. The van der Waals surface area contributed by atoms with Crippen LogP contribution in [0.5, 0.6) is 11.8 Å². The number of carboxylic acid groups (broad SMARTS) is 1. The number of hydrogen-bond donors (Lipinski definition) is 1. The van der Waals surface area contributed by atoms with E-state index < -0.39 is 5.97 Å². The largest absolute Gasteiger partial charge is 0.476 e. The van der Waals surface area contributed by atoms with Gasteiger partial charge in [0.25, 0.3) is 0 Å². The molecule has 1 heterocycles. The van der Waals surface area contributed by atoms with Crippen LogP contribution in [0.15, 0.2) is 39.4 Å². The number of halogens is 1. The highest BCUT2D eigenvalue weighted by molar-refractivity contribution is 9.10. The van der Waals surface area contributed by atoms with Crippen LogP contribution >= 0.6 is 15.9 Å².